The fourth-order valence-electron chi connectivity index (χ4n) is 3.30. The molecule has 0 saturated carbocycles. The van der Waals surface area contributed by atoms with E-state index in [4.69, 9.17) is 4.52 Å². The maximum Gasteiger partial charge on any atom is 0.264 e. The van der Waals surface area contributed by atoms with E-state index in [9.17, 15) is 9.59 Å². The van der Waals surface area contributed by atoms with E-state index in [1.165, 1.54) is 18.3 Å². The van der Waals surface area contributed by atoms with Gasteiger partial charge in [-0.1, -0.05) is 11.2 Å². The summed E-state index contributed by atoms with van der Waals surface area (Å²) in [5.41, 5.74) is 3.74. The molecule has 0 bridgehead atoms. The Bertz CT molecular complexity index is 1030. The van der Waals surface area contributed by atoms with Crippen molar-refractivity contribution in [2.45, 2.75) is 33.4 Å². The molecular weight excluding hydrogens is 378 g/mol. The van der Waals surface area contributed by atoms with Gasteiger partial charge in [-0.3, -0.25) is 14.6 Å². The summed E-state index contributed by atoms with van der Waals surface area (Å²) in [7, 11) is 0. The number of hydrogen-bond donors (Lipinski definition) is 1. The second-order valence-corrected chi connectivity index (χ2v) is 7.55. The SMILES string of the molecule is CC(=O)NCc1nc(-c2c(C)ncc3c2CCN(C(=O)c2cccs2)C3)no1. The highest BCUT2D eigenvalue weighted by atomic mass is 32.1. The lowest BCUT2D eigenvalue weighted by Gasteiger charge is -2.29. The van der Waals surface area contributed by atoms with Gasteiger partial charge in [0.05, 0.1) is 11.4 Å². The molecule has 9 heteroatoms. The number of carbonyl (C=O) groups excluding carboxylic acids is 2. The summed E-state index contributed by atoms with van der Waals surface area (Å²) < 4.78 is 5.26. The molecule has 4 heterocycles. The van der Waals surface area contributed by atoms with Crippen LogP contribution < -0.4 is 5.32 Å². The second-order valence-electron chi connectivity index (χ2n) is 6.60. The third kappa shape index (κ3) is 3.53. The van der Waals surface area contributed by atoms with Crippen molar-refractivity contribution in [3.8, 4) is 11.4 Å². The van der Waals surface area contributed by atoms with Crippen molar-refractivity contribution < 1.29 is 14.1 Å². The Morgan fingerprint density at radius 2 is 2.25 bits per heavy atom. The molecule has 0 fully saturated rings. The number of hydrogen-bond acceptors (Lipinski definition) is 7. The number of pyridine rings is 1. The van der Waals surface area contributed by atoms with Crippen molar-refractivity contribution in [2.24, 2.45) is 0 Å². The zero-order chi connectivity index (χ0) is 19.7. The van der Waals surface area contributed by atoms with Crippen molar-refractivity contribution >= 4 is 23.2 Å². The Hall–Kier alpha value is -3.07. The average Bonchev–Trinajstić information content (AvgIpc) is 3.37. The van der Waals surface area contributed by atoms with Crippen molar-refractivity contribution in [2.75, 3.05) is 6.54 Å². The van der Waals surface area contributed by atoms with Gasteiger partial charge in [0, 0.05) is 37.5 Å². The van der Waals surface area contributed by atoms with Crippen LogP contribution in [0.2, 0.25) is 0 Å². The van der Waals surface area contributed by atoms with Gasteiger partial charge in [-0.2, -0.15) is 4.98 Å². The van der Waals surface area contributed by atoms with E-state index in [1.807, 2.05) is 35.5 Å². The number of thiophene rings is 1. The Morgan fingerprint density at radius 3 is 3.00 bits per heavy atom. The Balaban J connectivity index is 1.61. The van der Waals surface area contributed by atoms with Crippen LogP contribution in [0.3, 0.4) is 0 Å². The fraction of sp³-hybridized carbons (Fsp3) is 0.316. The molecule has 3 aromatic rings. The minimum Gasteiger partial charge on any atom is -0.347 e. The smallest absolute Gasteiger partial charge is 0.264 e. The van der Waals surface area contributed by atoms with Gasteiger partial charge >= 0.3 is 0 Å². The van der Waals surface area contributed by atoms with Gasteiger partial charge in [0.15, 0.2) is 0 Å². The summed E-state index contributed by atoms with van der Waals surface area (Å²) >= 11 is 1.45. The van der Waals surface area contributed by atoms with E-state index in [2.05, 4.69) is 20.4 Å². The van der Waals surface area contributed by atoms with E-state index >= 15 is 0 Å². The predicted molar refractivity (Wildman–Crippen MR) is 103 cm³/mol. The molecule has 1 aliphatic heterocycles. The quantitative estimate of drug-likeness (QED) is 0.725. The first-order valence-electron chi connectivity index (χ1n) is 8.90. The first-order chi connectivity index (χ1) is 13.5. The lowest BCUT2D eigenvalue weighted by molar-refractivity contribution is -0.119. The molecule has 1 aliphatic rings. The summed E-state index contributed by atoms with van der Waals surface area (Å²) in [6.45, 7) is 4.65. The molecule has 0 unspecified atom stereocenters. The zero-order valence-electron chi connectivity index (χ0n) is 15.6. The Morgan fingerprint density at radius 1 is 1.39 bits per heavy atom. The highest BCUT2D eigenvalue weighted by molar-refractivity contribution is 7.12. The van der Waals surface area contributed by atoms with E-state index in [0.29, 0.717) is 31.2 Å². The van der Waals surface area contributed by atoms with Crippen LogP contribution in [-0.2, 0) is 24.3 Å². The van der Waals surface area contributed by atoms with Gasteiger partial charge in [0.25, 0.3) is 5.91 Å². The molecule has 144 valence electrons. The number of aryl methyl sites for hydroxylation is 1. The summed E-state index contributed by atoms with van der Waals surface area (Å²) in [6.07, 6.45) is 2.51. The van der Waals surface area contributed by atoms with Crippen LogP contribution in [0.1, 0.15) is 39.3 Å². The van der Waals surface area contributed by atoms with Gasteiger partial charge in [-0.05, 0) is 35.9 Å². The molecule has 0 aliphatic carbocycles. The topological polar surface area (TPSA) is 101 Å². The van der Waals surface area contributed by atoms with Gasteiger partial charge in [-0.25, -0.2) is 0 Å². The molecule has 2 amide bonds. The third-order valence-corrected chi connectivity index (χ3v) is 5.52. The summed E-state index contributed by atoms with van der Waals surface area (Å²) in [5.74, 6) is 0.679. The maximum atomic E-state index is 12.7. The molecule has 0 spiro atoms. The monoisotopic (exact) mass is 397 g/mol. The second kappa shape index (κ2) is 7.51. The van der Waals surface area contributed by atoms with E-state index in [-0.39, 0.29) is 18.4 Å². The normalized spacial score (nSPS) is 13.3. The molecular formula is C19H19N5O3S. The summed E-state index contributed by atoms with van der Waals surface area (Å²) in [5, 5.41) is 8.62. The van der Waals surface area contributed by atoms with Crippen molar-refractivity contribution in [1.29, 1.82) is 0 Å². The minimum absolute atomic E-state index is 0.0416. The van der Waals surface area contributed by atoms with E-state index in [0.717, 1.165) is 27.3 Å². The molecule has 1 N–H and O–H groups in total. The van der Waals surface area contributed by atoms with Crippen molar-refractivity contribution in [3.63, 3.8) is 0 Å². The number of rotatable bonds is 4. The van der Waals surface area contributed by atoms with E-state index < -0.39 is 0 Å². The van der Waals surface area contributed by atoms with Gasteiger partial charge in [0.2, 0.25) is 17.6 Å². The van der Waals surface area contributed by atoms with Crippen LogP contribution >= 0.6 is 11.3 Å². The number of fused-ring (bicyclic) bond motifs is 1. The Kier molecular flexibility index (Phi) is 4.91. The molecule has 4 rings (SSSR count). The third-order valence-electron chi connectivity index (χ3n) is 4.66. The standard InChI is InChI=1S/C19H19N5O3S/c1-11-17(18-22-16(27-23-18)9-21-12(2)25)14-5-6-24(10-13(14)8-20-11)19(26)15-4-3-7-28-15/h3-4,7-8H,5-6,9-10H2,1-2H3,(H,21,25). The highest BCUT2D eigenvalue weighted by Crippen LogP contribution is 2.31. The largest absolute Gasteiger partial charge is 0.347 e. The molecule has 3 aromatic heterocycles. The maximum absolute atomic E-state index is 12.7. The molecule has 8 nitrogen and oxygen atoms in total. The average molecular weight is 397 g/mol. The Labute approximate surface area is 165 Å². The molecule has 0 radical (unpaired) electrons. The number of amides is 2. The van der Waals surface area contributed by atoms with Crippen molar-refractivity contribution in [3.05, 3.63) is 51.3 Å². The van der Waals surface area contributed by atoms with Gasteiger partial charge in [0.1, 0.15) is 0 Å². The van der Waals surface area contributed by atoms with Gasteiger partial charge in [-0.15, -0.1) is 11.3 Å². The first-order valence-corrected chi connectivity index (χ1v) is 9.78. The van der Waals surface area contributed by atoms with Crippen LogP contribution in [0.5, 0.6) is 0 Å². The number of nitrogens with zero attached hydrogens (tertiary/aromatic N) is 4. The lowest BCUT2D eigenvalue weighted by Crippen LogP contribution is -2.36. The van der Waals surface area contributed by atoms with Gasteiger partial charge < -0.3 is 14.7 Å². The summed E-state index contributed by atoms with van der Waals surface area (Å²) in [6, 6.07) is 3.73. The van der Waals surface area contributed by atoms with Crippen LogP contribution in [0.15, 0.2) is 28.2 Å². The van der Waals surface area contributed by atoms with Crippen LogP contribution in [0.4, 0.5) is 0 Å². The molecule has 28 heavy (non-hydrogen) atoms. The molecule has 0 atom stereocenters. The predicted octanol–water partition coefficient (Wildman–Crippen LogP) is 2.34. The van der Waals surface area contributed by atoms with Crippen molar-refractivity contribution in [1.82, 2.24) is 25.3 Å². The lowest BCUT2D eigenvalue weighted by atomic mass is 9.94. The minimum atomic E-state index is -0.162. The first kappa shape index (κ1) is 18.3. The number of carbonyl (C=O) groups is 2. The molecule has 0 aromatic carbocycles. The van der Waals surface area contributed by atoms with Crippen LogP contribution in [0.25, 0.3) is 11.4 Å². The number of nitrogens with one attached hydrogen (secondary N) is 1. The zero-order valence-corrected chi connectivity index (χ0v) is 16.4. The van der Waals surface area contributed by atoms with Crippen LogP contribution in [-0.4, -0.2) is 38.4 Å². The fourth-order valence-corrected chi connectivity index (χ4v) is 3.99. The number of aromatic nitrogens is 3. The summed E-state index contributed by atoms with van der Waals surface area (Å²) in [4.78, 5) is 35.2. The van der Waals surface area contributed by atoms with Crippen LogP contribution in [0, 0.1) is 6.92 Å². The van der Waals surface area contributed by atoms with E-state index in [1.54, 1.807) is 0 Å². The molecule has 0 saturated heterocycles. The highest BCUT2D eigenvalue weighted by Gasteiger charge is 2.27.